The molecular formula is C16H17FN4O2. The van der Waals surface area contributed by atoms with Gasteiger partial charge in [-0.2, -0.15) is 9.37 Å². The number of aromatic nitrogens is 3. The van der Waals surface area contributed by atoms with Crippen LogP contribution in [0.15, 0.2) is 30.9 Å². The number of halogens is 1. The van der Waals surface area contributed by atoms with Crippen LogP contribution in [0, 0.1) is 5.82 Å². The largest absolute Gasteiger partial charge is 0.470 e. The van der Waals surface area contributed by atoms with E-state index < -0.39 is 5.82 Å². The van der Waals surface area contributed by atoms with Crippen LogP contribution in [0.2, 0.25) is 0 Å². The van der Waals surface area contributed by atoms with Gasteiger partial charge in [-0.3, -0.25) is 9.78 Å². The molecule has 1 aliphatic heterocycles. The van der Waals surface area contributed by atoms with E-state index in [4.69, 9.17) is 4.74 Å². The van der Waals surface area contributed by atoms with Gasteiger partial charge >= 0.3 is 0 Å². The van der Waals surface area contributed by atoms with Crippen LogP contribution in [0.1, 0.15) is 29.4 Å². The molecule has 0 aromatic carbocycles. The van der Waals surface area contributed by atoms with Crippen LogP contribution in [0.4, 0.5) is 4.39 Å². The molecule has 1 atom stereocenters. The van der Waals surface area contributed by atoms with Crippen molar-refractivity contribution in [3.8, 4) is 5.88 Å². The van der Waals surface area contributed by atoms with E-state index in [0.29, 0.717) is 37.2 Å². The Morgan fingerprint density at radius 1 is 1.39 bits per heavy atom. The topological polar surface area (TPSA) is 68.2 Å². The number of ether oxygens (including phenoxy) is 1. The lowest BCUT2D eigenvalue weighted by molar-refractivity contribution is 0.0770. The average molecular weight is 316 g/mol. The summed E-state index contributed by atoms with van der Waals surface area (Å²) in [4.78, 5) is 25.7. The Bertz CT molecular complexity index is 696. The Hall–Kier alpha value is -2.57. The predicted molar refractivity (Wildman–Crippen MR) is 80.5 cm³/mol. The number of likely N-dealkylation sites (tertiary alicyclic amines) is 1. The third kappa shape index (κ3) is 3.28. The van der Waals surface area contributed by atoms with Crippen LogP contribution in [0.3, 0.4) is 0 Å². The van der Waals surface area contributed by atoms with Crippen molar-refractivity contribution in [2.45, 2.75) is 25.9 Å². The molecule has 120 valence electrons. The Labute approximate surface area is 133 Å². The molecule has 1 saturated heterocycles. The third-order valence-electron chi connectivity index (χ3n) is 3.80. The number of hydrogen-bond donors (Lipinski definition) is 0. The quantitative estimate of drug-likeness (QED) is 0.861. The second-order valence-electron chi connectivity index (χ2n) is 5.31. The highest BCUT2D eigenvalue weighted by atomic mass is 19.1. The normalized spacial score (nSPS) is 17.3. The molecule has 1 amide bonds. The van der Waals surface area contributed by atoms with E-state index in [1.165, 1.54) is 6.33 Å². The molecule has 0 aliphatic carbocycles. The summed E-state index contributed by atoms with van der Waals surface area (Å²) in [6.45, 7) is 2.80. The monoisotopic (exact) mass is 316 g/mol. The Morgan fingerprint density at radius 3 is 2.91 bits per heavy atom. The summed E-state index contributed by atoms with van der Waals surface area (Å²) in [6.07, 6.45) is 5.31. The zero-order chi connectivity index (χ0) is 16.2. The molecule has 3 heterocycles. The molecule has 0 spiro atoms. The van der Waals surface area contributed by atoms with Gasteiger partial charge in [0.05, 0.1) is 12.2 Å². The van der Waals surface area contributed by atoms with Crippen LogP contribution in [0.5, 0.6) is 5.88 Å². The summed E-state index contributed by atoms with van der Waals surface area (Å²) in [5.41, 5.74) is 0.917. The summed E-state index contributed by atoms with van der Waals surface area (Å²) in [5.74, 6) is -0.634. The van der Waals surface area contributed by atoms with Crippen LogP contribution in [-0.2, 0) is 6.42 Å². The van der Waals surface area contributed by atoms with Gasteiger partial charge in [-0.15, -0.1) is 0 Å². The zero-order valence-corrected chi connectivity index (χ0v) is 12.8. The molecule has 2 aromatic heterocycles. The summed E-state index contributed by atoms with van der Waals surface area (Å²) in [7, 11) is 0. The Morgan fingerprint density at radius 2 is 2.17 bits per heavy atom. The number of aryl methyl sites for hydroxylation is 1. The number of hydrogen-bond acceptors (Lipinski definition) is 5. The number of rotatable bonds is 4. The van der Waals surface area contributed by atoms with E-state index >= 15 is 0 Å². The van der Waals surface area contributed by atoms with E-state index in [-0.39, 0.29) is 17.9 Å². The fourth-order valence-electron chi connectivity index (χ4n) is 2.56. The highest BCUT2D eigenvalue weighted by Gasteiger charge is 2.29. The first-order valence-corrected chi connectivity index (χ1v) is 7.54. The average Bonchev–Trinajstić information content (AvgIpc) is 3.05. The summed E-state index contributed by atoms with van der Waals surface area (Å²) < 4.78 is 19.7. The fraction of sp³-hybridized carbons (Fsp3) is 0.375. The van der Waals surface area contributed by atoms with Crippen molar-refractivity contribution in [2.75, 3.05) is 13.1 Å². The number of carbonyl (C=O) groups excluding carboxylic acids is 1. The molecule has 3 rings (SSSR count). The Kier molecular flexibility index (Phi) is 4.45. The molecule has 23 heavy (non-hydrogen) atoms. The maximum Gasteiger partial charge on any atom is 0.254 e. The molecule has 0 N–H and O–H groups in total. The van der Waals surface area contributed by atoms with Crippen molar-refractivity contribution < 1.29 is 13.9 Å². The van der Waals surface area contributed by atoms with E-state index in [1.807, 2.05) is 6.92 Å². The van der Waals surface area contributed by atoms with Gasteiger partial charge in [0.25, 0.3) is 11.8 Å². The molecular weight excluding hydrogens is 299 g/mol. The number of amides is 1. The van der Waals surface area contributed by atoms with Gasteiger partial charge in [-0.25, -0.2) is 4.98 Å². The molecule has 6 nitrogen and oxygen atoms in total. The Balaban J connectivity index is 1.66. The third-order valence-corrected chi connectivity index (χ3v) is 3.80. The van der Waals surface area contributed by atoms with Gasteiger partial charge in [0, 0.05) is 30.9 Å². The molecule has 1 fully saturated rings. The summed E-state index contributed by atoms with van der Waals surface area (Å²) in [5, 5.41) is 0. The number of carbonyl (C=O) groups is 1. The van der Waals surface area contributed by atoms with E-state index in [0.717, 1.165) is 0 Å². The SMILES string of the molecule is CCc1ncnc(O[C@H]2CCN(C(=O)c3ccncc3)C2)c1F. The van der Waals surface area contributed by atoms with E-state index in [9.17, 15) is 9.18 Å². The minimum absolute atomic E-state index is 0.0416. The predicted octanol–water partition coefficient (Wildman–Crippen LogP) is 1.87. The second-order valence-corrected chi connectivity index (χ2v) is 5.31. The molecule has 0 radical (unpaired) electrons. The highest BCUT2D eigenvalue weighted by molar-refractivity contribution is 5.94. The van der Waals surface area contributed by atoms with Gasteiger partial charge in [0.1, 0.15) is 12.4 Å². The summed E-state index contributed by atoms with van der Waals surface area (Å²) in [6, 6.07) is 3.35. The zero-order valence-electron chi connectivity index (χ0n) is 12.8. The lowest BCUT2D eigenvalue weighted by atomic mass is 10.2. The molecule has 0 bridgehead atoms. The lowest BCUT2D eigenvalue weighted by Gasteiger charge is -2.17. The minimum atomic E-state index is -0.520. The smallest absolute Gasteiger partial charge is 0.254 e. The first-order valence-electron chi connectivity index (χ1n) is 7.54. The molecule has 1 aliphatic rings. The van der Waals surface area contributed by atoms with Crippen molar-refractivity contribution in [3.63, 3.8) is 0 Å². The van der Waals surface area contributed by atoms with Crippen molar-refractivity contribution >= 4 is 5.91 Å². The van der Waals surface area contributed by atoms with Crippen molar-refractivity contribution in [3.05, 3.63) is 47.9 Å². The first kappa shape index (κ1) is 15.3. The number of nitrogens with zero attached hydrogens (tertiary/aromatic N) is 4. The van der Waals surface area contributed by atoms with Gasteiger partial charge < -0.3 is 9.64 Å². The standard InChI is InChI=1S/C16H17FN4O2/c1-2-13-14(17)15(20-10-19-13)23-12-5-8-21(9-12)16(22)11-3-6-18-7-4-11/h3-4,6-7,10,12H,2,5,8-9H2,1H3/t12-/m0/s1. The molecule has 0 unspecified atom stereocenters. The van der Waals surface area contributed by atoms with Crippen molar-refractivity contribution in [1.29, 1.82) is 0 Å². The van der Waals surface area contributed by atoms with Gasteiger partial charge in [-0.05, 0) is 18.6 Å². The molecule has 0 saturated carbocycles. The van der Waals surface area contributed by atoms with Gasteiger partial charge in [0.15, 0.2) is 0 Å². The minimum Gasteiger partial charge on any atom is -0.470 e. The van der Waals surface area contributed by atoms with Crippen LogP contribution >= 0.6 is 0 Å². The fourth-order valence-corrected chi connectivity index (χ4v) is 2.56. The van der Waals surface area contributed by atoms with E-state index in [1.54, 1.807) is 29.4 Å². The van der Waals surface area contributed by atoms with Crippen molar-refractivity contribution in [1.82, 2.24) is 19.9 Å². The van der Waals surface area contributed by atoms with Crippen LogP contribution in [0.25, 0.3) is 0 Å². The van der Waals surface area contributed by atoms with E-state index in [2.05, 4.69) is 15.0 Å². The lowest BCUT2D eigenvalue weighted by Crippen LogP contribution is -2.31. The van der Waals surface area contributed by atoms with Gasteiger partial charge in [0.2, 0.25) is 5.82 Å². The highest BCUT2D eigenvalue weighted by Crippen LogP contribution is 2.21. The van der Waals surface area contributed by atoms with Gasteiger partial charge in [-0.1, -0.05) is 6.92 Å². The molecule has 7 heteroatoms. The summed E-state index contributed by atoms with van der Waals surface area (Å²) >= 11 is 0. The van der Waals surface area contributed by atoms with Crippen LogP contribution in [-0.4, -0.2) is 45.0 Å². The van der Waals surface area contributed by atoms with Crippen LogP contribution < -0.4 is 4.74 Å². The number of pyridine rings is 1. The first-order chi connectivity index (χ1) is 11.2. The van der Waals surface area contributed by atoms with Crippen molar-refractivity contribution in [2.24, 2.45) is 0 Å². The second kappa shape index (κ2) is 6.68. The maximum absolute atomic E-state index is 14.1. The molecule has 2 aromatic rings. The maximum atomic E-state index is 14.1.